The minimum absolute atomic E-state index is 0.0354. The molecule has 0 aromatic carbocycles. The van der Waals surface area contributed by atoms with Crippen LogP contribution in [-0.4, -0.2) is 18.0 Å². The van der Waals surface area contributed by atoms with Crippen LogP contribution < -0.4 is 11.1 Å². The molecular formula is C12H26N2O. The van der Waals surface area contributed by atoms with Gasteiger partial charge >= 0.3 is 0 Å². The molecule has 0 saturated heterocycles. The van der Waals surface area contributed by atoms with Gasteiger partial charge in [-0.3, -0.25) is 4.79 Å². The quantitative estimate of drug-likeness (QED) is 0.751. The van der Waals surface area contributed by atoms with Crippen LogP contribution in [0.15, 0.2) is 0 Å². The summed E-state index contributed by atoms with van der Waals surface area (Å²) in [6.07, 6.45) is 0.929. The van der Waals surface area contributed by atoms with Crippen LogP contribution in [0.2, 0.25) is 0 Å². The van der Waals surface area contributed by atoms with Crippen LogP contribution in [0.3, 0.4) is 0 Å². The van der Waals surface area contributed by atoms with E-state index in [4.69, 9.17) is 5.73 Å². The minimum Gasteiger partial charge on any atom is -0.352 e. The molecule has 3 atom stereocenters. The summed E-state index contributed by atoms with van der Waals surface area (Å²) in [4.78, 5) is 11.8. The average molecular weight is 214 g/mol. The lowest BCUT2D eigenvalue weighted by molar-refractivity contribution is -0.124. The Morgan fingerprint density at radius 1 is 1.33 bits per heavy atom. The summed E-state index contributed by atoms with van der Waals surface area (Å²) in [7, 11) is 0. The number of hydrogen-bond donors (Lipinski definition) is 2. The third-order valence-electron chi connectivity index (χ3n) is 3.22. The lowest BCUT2D eigenvalue weighted by atomic mass is 9.87. The third-order valence-corrected chi connectivity index (χ3v) is 3.22. The smallest absolute Gasteiger partial charge is 0.237 e. The van der Waals surface area contributed by atoms with Crippen molar-refractivity contribution in [2.24, 2.45) is 17.1 Å². The van der Waals surface area contributed by atoms with Gasteiger partial charge in [-0.05, 0) is 18.3 Å². The number of rotatable bonds is 4. The molecule has 0 saturated carbocycles. The topological polar surface area (TPSA) is 55.1 Å². The van der Waals surface area contributed by atoms with Gasteiger partial charge in [0.2, 0.25) is 5.91 Å². The molecule has 0 spiro atoms. The van der Waals surface area contributed by atoms with Gasteiger partial charge in [0.15, 0.2) is 0 Å². The molecule has 1 amide bonds. The van der Waals surface area contributed by atoms with Crippen molar-refractivity contribution in [1.29, 1.82) is 0 Å². The second kappa shape index (κ2) is 5.50. The van der Waals surface area contributed by atoms with Crippen molar-refractivity contribution >= 4 is 5.91 Å². The molecule has 0 heterocycles. The van der Waals surface area contributed by atoms with E-state index in [2.05, 4.69) is 26.1 Å². The first-order valence-electron chi connectivity index (χ1n) is 5.76. The van der Waals surface area contributed by atoms with E-state index in [0.29, 0.717) is 0 Å². The Morgan fingerprint density at radius 3 is 2.13 bits per heavy atom. The second-order valence-electron chi connectivity index (χ2n) is 5.51. The zero-order chi connectivity index (χ0) is 12.2. The molecule has 0 rings (SSSR count). The van der Waals surface area contributed by atoms with E-state index >= 15 is 0 Å². The molecule has 15 heavy (non-hydrogen) atoms. The van der Waals surface area contributed by atoms with E-state index in [0.717, 1.165) is 6.42 Å². The van der Waals surface area contributed by atoms with Crippen LogP contribution in [0.4, 0.5) is 0 Å². The van der Waals surface area contributed by atoms with Crippen molar-refractivity contribution in [2.75, 3.05) is 0 Å². The van der Waals surface area contributed by atoms with Crippen molar-refractivity contribution in [1.82, 2.24) is 5.32 Å². The first-order valence-corrected chi connectivity index (χ1v) is 5.76. The Hall–Kier alpha value is -0.570. The number of hydrogen-bond acceptors (Lipinski definition) is 2. The molecule has 0 aliphatic rings. The summed E-state index contributed by atoms with van der Waals surface area (Å²) in [5.41, 5.74) is 5.93. The molecule has 0 aromatic rings. The van der Waals surface area contributed by atoms with Crippen LogP contribution in [0.5, 0.6) is 0 Å². The van der Waals surface area contributed by atoms with Gasteiger partial charge in [-0.2, -0.15) is 0 Å². The standard InChI is InChI=1S/C12H26N2O/c1-7-8(2)10(13)11(15)14-9(3)12(4,5)6/h8-10H,7,13H2,1-6H3,(H,14,15)/t8-,9?,10-/m0/s1. The van der Waals surface area contributed by atoms with Crippen molar-refractivity contribution < 1.29 is 4.79 Å². The van der Waals surface area contributed by atoms with Crippen molar-refractivity contribution in [2.45, 2.75) is 60.0 Å². The third kappa shape index (κ3) is 4.65. The summed E-state index contributed by atoms with van der Waals surface area (Å²) >= 11 is 0. The highest BCUT2D eigenvalue weighted by Crippen LogP contribution is 2.18. The fraction of sp³-hybridized carbons (Fsp3) is 0.917. The molecule has 0 aliphatic heterocycles. The maximum absolute atomic E-state index is 11.8. The van der Waals surface area contributed by atoms with E-state index in [-0.39, 0.29) is 29.3 Å². The van der Waals surface area contributed by atoms with Gasteiger partial charge in [-0.15, -0.1) is 0 Å². The Bertz CT molecular complexity index is 208. The number of carbonyl (C=O) groups excluding carboxylic acids is 1. The van der Waals surface area contributed by atoms with E-state index in [9.17, 15) is 4.79 Å². The maximum atomic E-state index is 11.8. The van der Waals surface area contributed by atoms with Crippen molar-refractivity contribution in [3.8, 4) is 0 Å². The molecule has 0 aliphatic carbocycles. The zero-order valence-corrected chi connectivity index (χ0v) is 10.9. The van der Waals surface area contributed by atoms with E-state index in [1.165, 1.54) is 0 Å². The van der Waals surface area contributed by atoms with Gasteiger partial charge in [0.1, 0.15) is 0 Å². The Labute approximate surface area is 93.8 Å². The lowest BCUT2D eigenvalue weighted by Gasteiger charge is -2.30. The monoisotopic (exact) mass is 214 g/mol. The van der Waals surface area contributed by atoms with Crippen LogP contribution in [-0.2, 0) is 4.79 Å². The molecule has 0 aromatic heterocycles. The molecule has 3 nitrogen and oxygen atoms in total. The highest BCUT2D eigenvalue weighted by Gasteiger charge is 2.25. The molecule has 0 bridgehead atoms. The highest BCUT2D eigenvalue weighted by molar-refractivity contribution is 5.82. The highest BCUT2D eigenvalue weighted by atomic mass is 16.2. The number of nitrogens with one attached hydrogen (secondary N) is 1. The largest absolute Gasteiger partial charge is 0.352 e. The summed E-state index contributed by atoms with van der Waals surface area (Å²) in [6.45, 7) is 12.4. The Morgan fingerprint density at radius 2 is 1.80 bits per heavy atom. The summed E-state index contributed by atoms with van der Waals surface area (Å²) in [5.74, 6) is 0.198. The van der Waals surface area contributed by atoms with Gasteiger partial charge in [-0.1, -0.05) is 41.0 Å². The maximum Gasteiger partial charge on any atom is 0.237 e. The average Bonchev–Trinajstić information content (AvgIpc) is 2.13. The normalized spacial score (nSPS) is 18.1. The van der Waals surface area contributed by atoms with Crippen molar-refractivity contribution in [3.05, 3.63) is 0 Å². The summed E-state index contributed by atoms with van der Waals surface area (Å²) in [5, 5.41) is 2.97. The lowest BCUT2D eigenvalue weighted by Crippen LogP contribution is -2.50. The number of carbonyl (C=O) groups is 1. The fourth-order valence-corrected chi connectivity index (χ4v) is 1.04. The number of nitrogens with two attached hydrogens (primary N) is 1. The predicted octanol–water partition coefficient (Wildman–Crippen LogP) is 1.91. The molecule has 3 heteroatoms. The molecule has 0 fully saturated rings. The Kier molecular flexibility index (Phi) is 5.29. The van der Waals surface area contributed by atoms with E-state index in [1.807, 2.05) is 20.8 Å². The first-order chi connectivity index (χ1) is 6.70. The first kappa shape index (κ1) is 14.4. The molecule has 0 radical (unpaired) electrons. The second-order valence-corrected chi connectivity index (χ2v) is 5.51. The summed E-state index contributed by atoms with van der Waals surface area (Å²) < 4.78 is 0. The van der Waals surface area contributed by atoms with Gasteiger partial charge in [0, 0.05) is 6.04 Å². The SMILES string of the molecule is CC[C@H](C)[C@H](N)C(=O)NC(C)C(C)(C)C. The van der Waals surface area contributed by atoms with Crippen molar-refractivity contribution in [3.63, 3.8) is 0 Å². The van der Waals surface area contributed by atoms with Gasteiger partial charge in [-0.25, -0.2) is 0 Å². The number of amides is 1. The van der Waals surface area contributed by atoms with Crippen LogP contribution in [0.25, 0.3) is 0 Å². The fourth-order valence-electron chi connectivity index (χ4n) is 1.04. The predicted molar refractivity (Wildman–Crippen MR) is 64.5 cm³/mol. The van der Waals surface area contributed by atoms with Gasteiger partial charge < -0.3 is 11.1 Å². The molecule has 90 valence electrons. The van der Waals surface area contributed by atoms with Crippen LogP contribution >= 0.6 is 0 Å². The molecule has 1 unspecified atom stereocenters. The summed E-state index contributed by atoms with van der Waals surface area (Å²) in [6, 6.07) is -0.250. The molecule has 3 N–H and O–H groups in total. The Balaban J connectivity index is 4.25. The molecular weight excluding hydrogens is 188 g/mol. The zero-order valence-electron chi connectivity index (χ0n) is 10.9. The minimum atomic E-state index is -0.389. The van der Waals surface area contributed by atoms with Crippen LogP contribution in [0.1, 0.15) is 48.0 Å². The van der Waals surface area contributed by atoms with Crippen LogP contribution in [0, 0.1) is 11.3 Å². The van der Waals surface area contributed by atoms with E-state index < -0.39 is 0 Å². The van der Waals surface area contributed by atoms with Gasteiger partial charge in [0.05, 0.1) is 6.04 Å². The van der Waals surface area contributed by atoms with Gasteiger partial charge in [0.25, 0.3) is 0 Å². The van der Waals surface area contributed by atoms with E-state index in [1.54, 1.807) is 0 Å².